The van der Waals surface area contributed by atoms with Gasteiger partial charge in [0.1, 0.15) is 0 Å². The van der Waals surface area contributed by atoms with E-state index in [2.05, 4.69) is 4.72 Å². The second-order valence-electron chi connectivity index (χ2n) is 4.92. The third-order valence-corrected chi connectivity index (χ3v) is 4.54. The lowest BCUT2D eigenvalue weighted by Gasteiger charge is -2.10. The summed E-state index contributed by atoms with van der Waals surface area (Å²) in [6, 6.07) is 16.0. The molecule has 0 radical (unpaired) electrons. The summed E-state index contributed by atoms with van der Waals surface area (Å²) < 4.78 is 26.6. The molecule has 5 nitrogen and oxygen atoms in total. The van der Waals surface area contributed by atoms with Crippen LogP contribution in [0.2, 0.25) is 0 Å². The van der Waals surface area contributed by atoms with Gasteiger partial charge in [0, 0.05) is 0 Å². The molecule has 0 aliphatic heterocycles. The van der Waals surface area contributed by atoms with Crippen LogP contribution >= 0.6 is 0 Å². The van der Waals surface area contributed by atoms with E-state index < -0.39 is 15.9 Å². The number of rotatable bonds is 7. The van der Waals surface area contributed by atoms with Gasteiger partial charge in [-0.15, -0.1) is 0 Å². The third kappa shape index (κ3) is 4.60. The number of para-hydroxylation sites is 1. The van der Waals surface area contributed by atoms with Crippen LogP contribution in [0.4, 0.5) is 5.69 Å². The van der Waals surface area contributed by atoms with Gasteiger partial charge in [0.15, 0.2) is 0 Å². The molecule has 0 spiro atoms. The first-order valence-corrected chi connectivity index (χ1v) is 8.56. The van der Waals surface area contributed by atoms with Crippen molar-refractivity contribution < 1.29 is 13.2 Å². The number of primary amides is 1. The molecule has 2 rings (SSSR count). The van der Waals surface area contributed by atoms with E-state index in [9.17, 15) is 13.2 Å². The molecule has 0 aliphatic rings. The van der Waals surface area contributed by atoms with Gasteiger partial charge in [-0.1, -0.05) is 42.5 Å². The topological polar surface area (TPSA) is 89.3 Å². The number of sulfonamides is 1. The minimum absolute atomic E-state index is 0.0189. The Morgan fingerprint density at radius 1 is 1.00 bits per heavy atom. The highest BCUT2D eigenvalue weighted by Gasteiger charge is 2.14. The molecule has 2 aromatic carbocycles. The highest BCUT2D eigenvalue weighted by atomic mass is 32.2. The molecule has 0 fully saturated rings. The Bertz CT molecular complexity index is 743. The fourth-order valence-electron chi connectivity index (χ4n) is 2.12. The molecule has 0 heterocycles. The molecular formula is C16H18N2O3S. The zero-order chi connectivity index (χ0) is 16.0. The molecule has 2 aromatic rings. The van der Waals surface area contributed by atoms with Crippen LogP contribution in [0.25, 0.3) is 0 Å². The highest BCUT2D eigenvalue weighted by Crippen LogP contribution is 2.16. The predicted molar refractivity (Wildman–Crippen MR) is 87.1 cm³/mol. The number of hydrogen-bond donors (Lipinski definition) is 2. The lowest BCUT2D eigenvalue weighted by Crippen LogP contribution is -2.20. The molecule has 0 saturated carbocycles. The number of benzene rings is 2. The van der Waals surface area contributed by atoms with Gasteiger partial charge in [0.25, 0.3) is 5.91 Å². The number of carbonyl (C=O) groups excluding carboxylic acids is 1. The van der Waals surface area contributed by atoms with Crippen LogP contribution in [-0.4, -0.2) is 20.1 Å². The zero-order valence-corrected chi connectivity index (χ0v) is 12.8. The van der Waals surface area contributed by atoms with Crippen molar-refractivity contribution >= 4 is 21.6 Å². The van der Waals surface area contributed by atoms with Crippen LogP contribution in [0, 0.1) is 0 Å². The van der Waals surface area contributed by atoms with Crippen LogP contribution in [0.3, 0.4) is 0 Å². The van der Waals surface area contributed by atoms with Crippen molar-refractivity contribution in [3.8, 4) is 0 Å². The average molecular weight is 318 g/mol. The lowest BCUT2D eigenvalue weighted by atomic mass is 10.1. The summed E-state index contributed by atoms with van der Waals surface area (Å²) >= 11 is 0. The van der Waals surface area contributed by atoms with E-state index in [1.54, 1.807) is 12.1 Å². The fourth-order valence-corrected chi connectivity index (χ4v) is 3.26. The Morgan fingerprint density at radius 3 is 2.32 bits per heavy atom. The number of nitrogens with one attached hydrogen (secondary N) is 1. The van der Waals surface area contributed by atoms with E-state index in [0.717, 1.165) is 5.56 Å². The number of aryl methyl sites for hydroxylation is 1. The Labute approximate surface area is 130 Å². The smallest absolute Gasteiger partial charge is 0.250 e. The molecule has 1 amide bonds. The molecule has 0 bridgehead atoms. The first kappa shape index (κ1) is 16.0. The number of amides is 1. The molecule has 0 aliphatic carbocycles. The molecule has 6 heteroatoms. The molecule has 3 N–H and O–H groups in total. The molecule has 0 atom stereocenters. The minimum Gasteiger partial charge on any atom is -0.366 e. The van der Waals surface area contributed by atoms with Gasteiger partial charge < -0.3 is 5.73 Å². The maximum atomic E-state index is 12.1. The number of carbonyl (C=O) groups is 1. The summed E-state index contributed by atoms with van der Waals surface area (Å²) in [5, 5.41) is 0. The fraction of sp³-hybridized carbons (Fsp3) is 0.188. The SMILES string of the molecule is NC(=O)c1ccccc1NS(=O)(=O)CCCc1ccccc1. The summed E-state index contributed by atoms with van der Waals surface area (Å²) in [5.74, 6) is -0.683. The van der Waals surface area contributed by atoms with Crippen LogP contribution in [0.5, 0.6) is 0 Å². The standard InChI is InChI=1S/C16H18N2O3S/c17-16(19)14-10-4-5-11-15(14)18-22(20,21)12-6-9-13-7-2-1-3-8-13/h1-5,7-8,10-11,18H,6,9,12H2,(H2,17,19). The van der Waals surface area contributed by atoms with Crippen molar-refractivity contribution in [3.63, 3.8) is 0 Å². The van der Waals surface area contributed by atoms with Crippen LogP contribution < -0.4 is 10.5 Å². The van der Waals surface area contributed by atoms with Crippen molar-refractivity contribution in [1.82, 2.24) is 0 Å². The summed E-state index contributed by atoms with van der Waals surface area (Å²) in [6.07, 6.45) is 1.18. The molecule has 0 saturated heterocycles. The first-order chi connectivity index (χ1) is 10.5. The van der Waals surface area contributed by atoms with Gasteiger partial charge in [-0.2, -0.15) is 0 Å². The molecule has 0 aromatic heterocycles. The molecule has 116 valence electrons. The Morgan fingerprint density at radius 2 is 1.64 bits per heavy atom. The van der Waals surface area contributed by atoms with Gasteiger partial charge in [0.05, 0.1) is 17.0 Å². The highest BCUT2D eigenvalue weighted by molar-refractivity contribution is 7.92. The van der Waals surface area contributed by atoms with Crippen LogP contribution in [-0.2, 0) is 16.4 Å². The van der Waals surface area contributed by atoms with Crippen molar-refractivity contribution in [2.45, 2.75) is 12.8 Å². The average Bonchev–Trinajstić information content (AvgIpc) is 2.48. The van der Waals surface area contributed by atoms with Gasteiger partial charge in [0.2, 0.25) is 10.0 Å². The van der Waals surface area contributed by atoms with Gasteiger partial charge in [-0.25, -0.2) is 8.42 Å². The zero-order valence-electron chi connectivity index (χ0n) is 12.0. The Hall–Kier alpha value is -2.34. The first-order valence-electron chi connectivity index (χ1n) is 6.91. The Kier molecular flexibility index (Phi) is 5.16. The number of anilines is 1. The monoisotopic (exact) mass is 318 g/mol. The number of hydrogen-bond acceptors (Lipinski definition) is 3. The van der Waals surface area contributed by atoms with Crippen molar-refractivity contribution in [1.29, 1.82) is 0 Å². The third-order valence-electron chi connectivity index (χ3n) is 3.18. The van der Waals surface area contributed by atoms with E-state index in [1.807, 2.05) is 30.3 Å². The predicted octanol–water partition coefficient (Wildman–Crippen LogP) is 2.16. The largest absolute Gasteiger partial charge is 0.366 e. The summed E-state index contributed by atoms with van der Waals surface area (Å²) in [7, 11) is -3.52. The van der Waals surface area contributed by atoms with Crippen LogP contribution in [0.1, 0.15) is 22.3 Å². The maximum absolute atomic E-state index is 12.1. The van der Waals surface area contributed by atoms with Gasteiger partial charge in [-0.3, -0.25) is 9.52 Å². The van der Waals surface area contributed by atoms with Crippen molar-refractivity contribution in [2.75, 3.05) is 10.5 Å². The van der Waals surface area contributed by atoms with Crippen molar-refractivity contribution in [3.05, 3.63) is 65.7 Å². The lowest BCUT2D eigenvalue weighted by molar-refractivity contribution is 0.100. The second-order valence-corrected chi connectivity index (χ2v) is 6.76. The summed E-state index contributed by atoms with van der Waals surface area (Å²) in [6.45, 7) is 0. The summed E-state index contributed by atoms with van der Waals surface area (Å²) in [5.41, 5.74) is 6.71. The normalized spacial score (nSPS) is 11.1. The summed E-state index contributed by atoms with van der Waals surface area (Å²) in [4.78, 5) is 11.3. The molecule has 22 heavy (non-hydrogen) atoms. The quantitative estimate of drug-likeness (QED) is 0.820. The van der Waals surface area contributed by atoms with Crippen molar-refractivity contribution in [2.24, 2.45) is 5.73 Å². The molecular weight excluding hydrogens is 300 g/mol. The van der Waals surface area contributed by atoms with E-state index in [1.165, 1.54) is 12.1 Å². The maximum Gasteiger partial charge on any atom is 0.250 e. The van der Waals surface area contributed by atoms with E-state index in [4.69, 9.17) is 5.73 Å². The number of nitrogens with two attached hydrogens (primary N) is 1. The van der Waals surface area contributed by atoms with E-state index in [-0.39, 0.29) is 17.0 Å². The minimum atomic E-state index is -3.52. The molecule has 0 unspecified atom stereocenters. The van der Waals surface area contributed by atoms with Gasteiger partial charge >= 0.3 is 0 Å². The van der Waals surface area contributed by atoms with Crippen LogP contribution in [0.15, 0.2) is 54.6 Å². The second kappa shape index (κ2) is 7.09. The van der Waals surface area contributed by atoms with Gasteiger partial charge in [-0.05, 0) is 30.5 Å². The van der Waals surface area contributed by atoms with E-state index in [0.29, 0.717) is 12.8 Å². The Balaban J connectivity index is 1.98. The van der Waals surface area contributed by atoms with E-state index >= 15 is 0 Å².